The van der Waals surface area contributed by atoms with Gasteiger partial charge < -0.3 is 19.7 Å². The molecule has 2 aromatic carbocycles. The number of amides is 2. The Morgan fingerprint density at radius 3 is 2.46 bits per heavy atom. The van der Waals surface area contributed by atoms with E-state index in [1.165, 1.54) is 0 Å². The van der Waals surface area contributed by atoms with E-state index < -0.39 is 6.04 Å². The zero-order chi connectivity index (χ0) is 24.6. The smallest absolute Gasteiger partial charge is 0.247 e. The Morgan fingerprint density at radius 2 is 1.80 bits per heavy atom. The zero-order valence-electron chi connectivity index (χ0n) is 20.2. The molecule has 0 spiro atoms. The van der Waals surface area contributed by atoms with Crippen molar-refractivity contribution >= 4 is 23.2 Å². The second kappa shape index (κ2) is 11.9. The predicted octanol–water partition coefficient (Wildman–Crippen LogP) is 5.14. The molecule has 0 radical (unpaired) electrons. The largest absolute Gasteiger partial charge is 0.497 e. The molecule has 0 saturated heterocycles. The maximum absolute atomic E-state index is 13.9. The van der Waals surface area contributed by atoms with Crippen LogP contribution in [0.5, 0.6) is 11.5 Å². The summed E-state index contributed by atoms with van der Waals surface area (Å²) in [7, 11) is 3.16. The van der Waals surface area contributed by atoms with Crippen molar-refractivity contribution in [2.24, 2.45) is 0 Å². The SMILES string of the molecule is COc1ccc([C@H](C(=O)NC2CCCC2)N(Cc2ccccc2)C(=O)Cc2cccs2)c(OC)c1. The van der Waals surface area contributed by atoms with E-state index in [1.54, 1.807) is 42.6 Å². The third-order valence-electron chi connectivity index (χ3n) is 6.42. The highest BCUT2D eigenvalue weighted by Crippen LogP contribution is 2.35. The molecule has 1 fully saturated rings. The highest BCUT2D eigenvalue weighted by molar-refractivity contribution is 7.10. The van der Waals surface area contributed by atoms with Crippen LogP contribution in [0.2, 0.25) is 0 Å². The average molecular weight is 493 g/mol. The van der Waals surface area contributed by atoms with Gasteiger partial charge in [-0.05, 0) is 42.0 Å². The summed E-state index contributed by atoms with van der Waals surface area (Å²) in [5.41, 5.74) is 1.59. The third kappa shape index (κ3) is 6.22. The molecule has 1 aromatic heterocycles. The molecule has 0 unspecified atom stereocenters. The minimum atomic E-state index is -0.843. The van der Waals surface area contributed by atoms with Gasteiger partial charge >= 0.3 is 0 Å². The van der Waals surface area contributed by atoms with Gasteiger partial charge in [0.25, 0.3) is 0 Å². The van der Waals surface area contributed by atoms with Crippen LogP contribution in [-0.4, -0.2) is 37.0 Å². The summed E-state index contributed by atoms with van der Waals surface area (Å²) in [6.45, 7) is 0.309. The lowest BCUT2D eigenvalue weighted by Crippen LogP contribution is -2.46. The molecular weight excluding hydrogens is 460 g/mol. The molecule has 7 heteroatoms. The summed E-state index contributed by atoms with van der Waals surface area (Å²) in [5, 5.41) is 5.18. The summed E-state index contributed by atoms with van der Waals surface area (Å²) in [6, 6.07) is 18.3. The van der Waals surface area contributed by atoms with Crippen LogP contribution in [0.15, 0.2) is 66.0 Å². The van der Waals surface area contributed by atoms with Gasteiger partial charge in [0.05, 0.1) is 20.6 Å². The van der Waals surface area contributed by atoms with Gasteiger partial charge in [0.2, 0.25) is 11.8 Å². The van der Waals surface area contributed by atoms with Gasteiger partial charge in [0.1, 0.15) is 17.5 Å². The molecule has 0 aliphatic heterocycles. The van der Waals surface area contributed by atoms with E-state index in [-0.39, 0.29) is 24.3 Å². The molecule has 0 bridgehead atoms. The number of carbonyl (C=O) groups is 2. The molecule has 35 heavy (non-hydrogen) atoms. The maximum Gasteiger partial charge on any atom is 0.247 e. The number of benzene rings is 2. The summed E-state index contributed by atoms with van der Waals surface area (Å²) in [6.07, 6.45) is 4.36. The molecule has 4 rings (SSSR count). The van der Waals surface area contributed by atoms with Crippen LogP contribution in [0.4, 0.5) is 0 Å². The molecule has 1 aliphatic carbocycles. The van der Waals surface area contributed by atoms with Crippen LogP contribution >= 0.6 is 11.3 Å². The first kappa shape index (κ1) is 24.8. The lowest BCUT2D eigenvalue weighted by atomic mass is 10.00. The lowest BCUT2D eigenvalue weighted by Gasteiger charge is -2.33. The number of rotatable bonds is 10. The van der Waals surface area contributed by atoms with Crippen molar-refractivity contribution < 1.29 is 19.1 Å². The van der Waals surface area contributed by atoms with Crippen molar-refractivity contribution in [2.45, 2.75) is 50.7 Å². The molecule has 1 N–H and O–H groups in total. The number of hydrogen-bond acceptors (Lipinski definition) is 5. The predicted molar refractivity (Wildman–Crippen MR) is 138 cm³/mol. The van der Waals surface area contributed by atoms with Crippen molar-refractivity contribution in [3.63, 3.8) is 0 Å². The van der Waals surface area contributed by atoms with E-state index in [4.69, 9.17) is 9.47 Å². The third-order valence-corrected chi connectivity index (χ3v) is 7.29. The molecule has 1 saturated carbocycles. The Kier molecular flexibility index (Phi) is 8.42. The Morgan fingerprint density at radius 1 is 1.03 bits per heavy atom. The van der Waals surface area contributed by atoms with Crippen molar-refractivity contribution in [2.75, 3.05) is 14.2 Å². The number of methoxy groups -OCH3 is 2. The second-order valence-electron chi connectivity index (χ2n) is 8.76. The second-order valence-corrected chi connectivity index (χ2v) is 9.80. The van der Waals surface area contributed by atoms with Gasteiger partial charge in [-0.2, -0.15) is 0 Å². The highest BCUT2D eigenvalue weighted by atomic mass is 32.1. The van der Waals surface area contributed by atoms with Gasteiger partial charge in [0.15, 0.2) is 0 Å². The first-order valence-electron chi connectivity index (χ1n) is 12.0. The normalized spacial score (nSPS) is 14.3. The molecule has 1 heterocycles. The van der Waals surface area contributed by atoms with Gasteiger partial charge in [-0.15, -0.1) is 11.3 Å². The first-order chi connectivity index (χ1) is 17.1. The number of hydrogen-bond donors (Lipinski definition) is 1. The number of nitrogens with one attached hydrogen (secondary N) is 1. The molecular formula is C28H32N2O4S. The number of thiophene rings is 1. The van der Waals surface area contributed by atoms with Crippen LogP contribution in [0, 0.1) is 0 Å². The van der Waals surface area contributed by atoms with Crippen molar-refractivity contribution in [3.05, 3.63) is 82.0 Å². The molecule has 1 aliphatic rings. The fraction of sp³-hybridized carbons (Fsp3) is 0.357. The van der Waals surface area contributed by atoms with E-state index in [2.05, 4.69) is 5.32 Å². The van der Waals surface area contributed by atoms with Crippen molar-refractivity contribution in [3.8, 4) is 11.5 Å². The summed E-state index contributed by atoms with van der Waals surface area (Å²) < 4.78 is 11.1. The van der Waals surface area contributed by atoms with Gasteiger partial charge in [0, 0.05) is 29.1 Å². The summed E-state index contributed by atoms with van der Waals surface area (Å²) in [5.74, 6) is 0.842. The number of ether oxygens (including phenoxy) is 2. The Hall–Kier alpha value is -3.32. The summed E-state index contributed by atoms with van der Waals surface area (Å²) >= 11 is 1.54. The minimum Gasteiger partial charge on any atom is -0.497 e. The maximum atomic E-state index is 13.9. The fourth-order valence-electron chi connectivity index (χ4n) is 4.61. The average Bonchev–Trinajstić information content (AvgIpc) is 3.59. The molecule has 1 atom stereocenters. The minimum absolute atomic E-state index is 0.110. The van der Waals surface area contributed by atoms with Crippen LogP contribution in [0.3, 0.4) is 0 Å². The molecule has 3 aromatic rings. The molecule has 184 valence electrons. The van der Waals surface area contributed by atoms with Crippen LogP contribution < -0.4 is 14.8 Å². The number of nitrogens with zero attached hydrogens (tertiary/aromatic N) is 1. The van der Waals surface area contributed by atoms with Gasteiger partial charge in [-0.25, -0.2) is 0 Å². The Bertz CT molecular complexity index is 1110. The molecule has 2 amide bonds. The Labute approximate surface area is 210 Å². The van der Waals surface area contributed by atoms with E-state index in [1.807, 2.05) is 53.9 Å². The van der Waals surface area contributed by atoms with E-state index in [0.29, 0.717) is 23.6 Å². The van der Waals surface area contributed by atoms with Crippen LogP contribution in [0.1, 0.15) is 47.7 Å². The molecule has 6 nitrogen and oxygen atoms in total. The highest BCUT2D eigenvalue weighted by Gasteiger charge is 2.35. The lowest BCUT2D eigenvalue weighted by molar-refractivity contribution is -0.141. The number of carbonyl (C=O) groups excluding carboxylic acids is 2. The van der Waals surface area contributed by atoms with Gasteiger partial charge in [-0.1, -0.05) is 49.2 Å². The first-order valence-corrected chi connectivity index (χ1v) is 12.8. The van der Waals surface area contributed by atoms with Crippen LogP contribution in [-0.2, 0) is 22.6 Å². The van der Waals surface area contributed by atoms with E-state index in [9.17, 15) is 9.59 Å². The zero-order valence-corrected chi connectivity index (χ0v) is 21.1. The van der Waals surface area contributed by atoms with Crippen molar-refractivity contribution in [1.82, 2.24) is 10.2 Å². The van der Waals surface area contributed by atoms with Crippen LogP contribution in [0.25, 0.3) is 0 Å². The Balaban J connectivity index is 1.76. The topological polar surface area (TPSA) is 67.9 Å². The fourth-order valence-corrected chi connectivity index (χ4v) is 5.31. The van der Waals surface area contributed by atoms with Gasteiger partial charge in [-0.3, -0.25) is 9.59 Å². The monoisotopic (exact) mass is 492 g/mol. The van der Waals surface area contributed by atoms with Crippen molar-refractivity contribution in [1.29, 1.82) is 0 Å². The summed E-state index contributed by atoms with van der Waals surface area (Å²) in [4.78, 5) is 30.3. The quantitative estimate of drug-likeness (QED) is 0.426. The standard InChI is InChI=1S/C28H32N2O4S/c1-33-22-14-15-24(25(17-22)34-2)27(28(32)29-21-11-6-7-12-21)30(19-20-9-4-3-5-10-20)26(31)18-23-13-8-16-35-23/h3-5,8-10,13-17,21,27H,6-7,11-12,18-19H2,1-2H3,(H,29,32)/t27-/m1/s1. The van der Waals surface area contributed by atoms with E-state index in [0.717, 1.165) is 36.1 Å². The van der Waals surface area contributed by atoms with E-state index >= 15 is 0 Å².